The summed E-state index contributed by atoms with van der Waals surface area (Å²) in [6, 6.07) is 2.06. The minimum Gasteiger partial charge on any atom is -0.493 e. The Hall–Kier alpha value is -2.93. The number of ether oxygens (including phenoxy) is 2. The number of rotatable bonds is 7. The molecule has 0 aromatic carbocycles. The summed E-state index contributed by atoms with van der Waals surface area (Å²) in [5.74, 6) is 2.47. The van der Waals surface area contributed by atoms with Gasteiger partial charge < -0.3 is 14.5 Å². The van der Waals surface area contributed by atoms with Gasteiger partial charge in [-0.05, 0) is 74.5 Å². The summed E-state index contributed by atoms with van der Waals surface area (Å²) >= 11 is 0. The van der Waals surface area contributed by atoms with Crippen molar-refractivity contribution in [1.82, 2.24) is 24.6 Å². The van der Waals surface area contributed by atoms with E-state index in [1.165, 1.54) is 60.7 Å². The Morgan fingerprint density at radius 2 is 1.97 bits per heavy atom. The molecular weight excluding hydrogens is 462 g/mol. The van der Waals surface area contributed by atoms with Gasteiger partial charge in [0.05, 0.1) is 37.7 Å². The van der Waals surface area contributed by atoms with Gasteiger partial charge in [0.25, 0.3) is 0 Å². The van der Waals surface area contributed by atoms with Crippen LogP contribution in [0.2, 0.25) is 0 Å². The topological polar surface area (TPSA) is 77.3 Å². The van der Waals surface area contributed by atoms with Crippen molar-refractivity contribution >= 4 is 16.6 Å². The van der Waals surface area contributed by atoms with Crippen molar-refractivity contribution in [1.29, 1.82) is 0 Å². The van der Waals surface area contributed by atoms with Crippen LogP contribution in [0, 0.1) is 18.3 Å². The molecule has 2 aliphatic rings. The number of methoxy groups -OCH3 is 1. The van der Waals surface area contributed by atoms with Crippen LogP contribution in [0.4, 0.5) is 0 Å². The molecule has 0 bridgehead atoms. The standard InChI is InChI=1S/C30H39N5O2/c1-18(2)25-26-19(3)27(21-8-6-20(7-9-21)10-11-30(4)15-37-16-30)31-13-23(26)34-28(25)22-12-24(36-5)29-32-17-33-35(29)14-22/h12-14,17-18,20-21,34H,6-11,15-16H2,1-5H3. The number of hydrogen-bond donors (Lipinski definition) is 1. The second-order valence-electron chi connectivity index (χ2n) is 12.0. The van der Waals surface area contributed by atoms with Crippen molar-refractivity contribution in [2.45, 2.75) is 78.1 Å². The average Bonchev–Trinajstić information content (AvgIpc) is 3.52. The van der Waals surface area contributed by atoms with E-state index in [0.29, 0.717) is 17.3 Å². The highest BCUT2D eigenvalue weighted by Gasteiger charge is 2.34. The Labute approximate surface area is 219 Å². The zero-order valence-corrected chi connectivity index (χ0v) is 22.8. The third kappa shape index (κ3) is 4.31. The first kappa shape index (κ1) is 24.4. The van der Waals surface area contributed by atoms with Crippen molar-refractivity contribution in [2.75, 3.05) is 20.3 Å². The van der Waals surface area contributed by atoms with E-state index in [1.54, 1.807) is 18.0 Å². The van der Waals surface area contributed by atoms with Crippen LogP contribution in [0.3, 0.4) is 0 Å². The summed E-state index contributed by atoms with van der Waals surface area (Å²) < 4.78 is 12.9. The van der Waals surface area contributed by atoms with E-state index < -0.39 is 0 Å². The zero-order valence-electron chi connectivity index (χ0n) is 22.8. The molecule has 7 heteroatoms. The number of nitrogens with zero attached hydrogens (tertiary/aromatic N) is 4. The molecule has 6 rings (SSSR count). The maximum absolute atomic E-state index is 5.64. The van der Waals surface area contributed by atoms with Gasteiger partial charge in [0.2, 0.25) is 0 Å². The summed E-state index contributed by atoms with van der Waals surface area (Å²) in [6.45, 7) is 11.1. The first-order valence-electron chi connectivity index (χ1n) is 13.8. The van der Waals surface area contributed by atoms with E-state index in [4.69, 9.17) is 14.5 Å². The first-order valence-corrected chi connectivity index (χ1v) is 13.8. The van der Waals surface area contributed by atoms with E-state index in [1.807, 2.05) is 6.20 Å². The fourth-order valence-corrected chi connectivity index (χ4v) is 6.67. The lowest BCUT2D eigenvalue weighted by Crippen LogP contribution is -2.40. The fraction of sp³-hybridized carbons (Fsp3) is 0.567. The smallest absolute Gasteiger partial charge is 0.197 e. The molecule has 4 aromatic rings. The average molecular weight is 502 g/mol. The number of H-pyrrole nitrogens is 1. The maximum Gasteiger partial charge on any atom is 0.197 e. The number of aromatic nitrogens is 5. The Kier molecular flexibility index (Phi) is 6.22. The van der Waals surface area contributed by atoms with Gasteiger partial charge in [-0.3, -0.25) is 4.98 Å². The Balaban J connectivity index is 1.31. The Morgan fingerprint density at radius 1 is 1.19 bits per heavy atom. The lowest BCUT2D eigenvalue weighted by molar-refractivity contribution is -0.108. The second-order valence-corrected chi connectivity index (χ2v) is 12.0. The van der Waals surface area contributed by atoms with Crippen LogP contribution < -0.4 is 4.74 Å². The number of fused-ring (bicyclic) bond motifs is 2. The number of pyridine rings is 2. The van der Waals surface area contributed by atoms with E-state index in [9.17, 15) is 0 Å². The summed E-state index contributed by atoms with van der Waals surface area (Å²) in [5.41, 5.74) is 8.37. The van der Waals surface area contributed by atoms with Gasteiger partial charge in [-0.1, -0.05) is 20.8 Å². The predicted molar refractivity (Wildman–Crippen MR) is 146 cm³/mol. The highest BCUT2D eigenvalue weighted by Crippen LogP contribution is 2.44. The normalized spacial score (nSPS) is 21.6. The van der Waals surface area contributed by atoms with E-state index in [0.717, 1.165) is 47.3 Å². The molecule has 1 aliphatic heterocycles. The van der Waals surface area contributed by atoms with E-state index in [-0.39, 0.29) is 0 Å². The quantitative estimate of drug-likeness (QED) is 0.301. The number of nitrogens with one attached hydrogen (secondary N) is 1. The minimum atomic E-state index is 0.350. The van der Waals surface area contributed by atoms with Gasteiger partial charge in [-0.25, -0.2) is 9.50 Å². The lowest BCUT2D eigenvalue weighted by Gasteiger charge is -2.39. The molecule has 0 spiro atoms. The Morgan fingerprint density at radius 3 is 2.65 bits per heavy atom. The van der Waals surface area contributed by atoms with E-state index in [2.05, 4.69) is 55.0 Å². The summed E-state index contributed by atoms with van der Waals surface area (Å²) in [6.07, 6.45) is 13.4. The Bertz CT molecular complexity index is 1420. The van der Waals surface area contributed by atoms with Crippen LogP contribution in [0.25, 0.3) is 27.8 Å². The highest BCUT2D eigenvalue weighted by molar-refractivity contribution is 5.94. The van der Waals surface area contributed by atoms with Gasteiger partial charge in [0.1, 0.15) is 6.33 Å². The van der Waals surface area contributed by atoms with Crippen LogP contribution in [-0.2, 0) is 4.74 Å². The molecule has 0 amide bonds. The van der Waals surface area contributed by atoms with Gasteiger partial charge >= 0.3 is 0 Å². The fourth-order valence-electron chi connectivity index (χ4n) is 6.67. The van der Waals surface area contributed by atoms with Crippen LogP contribution in [0.5, 0.6) is 5.75 Å². The van der Waals surface area contributed by atoms with Gasteiger partial charge in [-0.2, -0.15) is 5.10 Å². The minimum absolute atomic E-state index is 0.350. The molecule has 7 nitrogen and oxygen atoms in total. The second kappa shape index (κ2) is 9.43. The first-order chi connectivity index (χ1) is 17.9. The summed E-state index contributed by atoms with van der Waals surface area (Å²) in [4.78, 5) is 13.1. The molecule has 196 valence electrons. The lowest BCUT2D eigenvalue weighted by atomic mass is 9.74. The van der Waals surface area contributed by atoms with Crippen molar-refractivity contribution < 1.29 is 9.47 Å². The summed E-state index contributed by atoms with van der Waals surface area (Å²) in [7, 11) is 1.68. The van der Waals surface area contributed by atoms with Crippen molar-refractivity contribution in [3.8, 4) is 17.0 Å². The largest absolute Gasteiger partial charge is 0.493 e. The summed E-state index contributed by atoms with van der Waals surface area (Å²) in [5, 5.41) is 5.70. The molecule has 0 atom stereocenters. The van der Waals surface area contributed by atoms with Crippen molar-refractivity contribution in [3.05, 3.63) is 41.6 Å². The molecule has 4 aromatic heterocycles. The molecular formula is C30H39N5O2. The van der Waals surface area contributed by atoms with E-state index >= 15 is 0 Å². The van der Waals surface area contributed by atoms with Crippen LogP contribution >= 0.6 is 0 Å². The molecule has 1 N–H and O–H groups in total. The predicted octanol–water partition coefficient (Wildman–Crippen LogP) is 6.80. The number of aryl methyl sites for hydroxylation is 1. The zero-order chi connectivity index (χ0) is 25.7. The monoisotopic (exact) mass is 501 g/mol. The third-order valence-electron chi connectivity index (χ3n) is 8.88. The number of aromatic amines is 1. The maximum atomic E-state index is 5.64. The van der Waals surface area contributed by atoms with Crippen molar-refractivity contribution in [3.63, 3.8) is 0 Å². The highest BCUT2D eigenvalue weighted by atomic mass is 16.5. The molecule has 0 radical (unpaired) electrons. The molecule has 37 heavy (non-hydrogen) atoms. The molecule has 1 saturated heterocycles. The van der Waals surface area contributed by atoms with Crippen molar-refractivity contribution in [2.24, 2.45) is 11.3 Å². The number of hydrogen-bond acceptors (Lipinski definition) is 5. The van der Waals surface area contributed by atoms with Crippen LogP contribution in [-0.4, -0.2) is 44.9 Å². The molecule has 1 saturated carbocycles. The molecule has 1 aliphatic carbocycles. The molecule has 2 fully saturated rings. The molecule has 0 unspecified atom stereocenters. The van der Waals surface area contributed by atoms with Gasteiger partial charge in [0, 0.05) is 34.2 Å². The van der Waals surface area contributed by atoms with Crippen LogP contribution in [0.15, 0.2) is 24.8 Å². The molecule has 5 heterocycles. The SMILES string of the molecule is COc1cc(-c2[nH]c3cnc(C4CCC(CCC5(C)COC5)CC4)c(C)c3c2C(C)C)cn2ncnc12. The van der Waals surface area contributed by atoms with Gasteiger partial charge in [0.15, 0.2) is 11.4 Å². The third-order valence-corrected chi connectivity index (χ3v) is 8.88. The van der Waals surface area contributed by atoms with Crippen LogP contribution in [0.1, 0.15) is 88.0 Å². The van der Waals surface area contributed by atoms with Gasteiger partial charge in [-0.15, -0.1) is 0 Å².